The molecule has 0 unspecified atom stereocenters. The number of ether oxygens (including phenoxy) is 1. The molecule has 2 aliphatic heterocycles. The lowest BCUT2D eigenvalue weighted by Gasteiger charge is -2.35. The van der Waals surface area contributed by atoms with Crippen LogP contribution in [0.2, 0.25) is 0 Å². The molecule has 2 heterocycles. The fourth-order valence-electron chi connectivity index (χ4n) is 3.56. The summed E-state index contributed by atoms with van der Waals surface area (Å²) in [5, 5.41) is 0. The molecule has 2 fully saturated rings. The summed E-state index contributed by atoms with van der Waals surface area (Å²) in [6, 6.07) is 4.90. The number of amides is 3. The van der Waals surface area contributed by atoms with Gasteiger partial charge in [-0.2, -0.15) is 0 Å². The van der Waals surface area contributed by atoms with E-state index >= 15 is 0 Å². The van der Waals surface area contributed by atoms with Crippen LogP contribution in [-0.4, -0.2) is 80.4 Å². The van der Waals surface area contributed by atoms with Crippen LogP contribution in [0.25, 0.3) is 0 Å². The van der Waals surface area contributed by atoms with E-state index in [0.29, 0.717) is 18.4 Å². The zero-order valence-electron chi connectivity index (χ0n) is 15.7. The van der Waals surface area contributed by atoms with Gasteiger partial charge in [0, 0.05) is 26.2 Å². The summed E-state index contributed by atoms with van der Waals surface area (Å²) in [6.07, 6.45) is 0.944. The van der Waals surface area contributed by atoms with Crippen molar-refractivity contribution in [1.82, 2.24) is 14.1 Å². The second kappa shape index (κ2) is 8.54. The van der Waals surface area contributed by atoms with Gasteiger partial charge in [0.15, 0.2) is 0 Å². The van der Waals surface area contributed by atoms with Crippen molar-refractivity contribution in [3.8, 4) is 0 Å². The average Bonchev–Trinajstić information content (AvgIpc) is 2.96. The maximum atomic E-state index is 13.0. The fourth-order valence-corrected chi connectivity index (χ4v) is 5.13. The zero-order valence-corrected chi connectivity index (χ0v) is 16.5. The summed E-state index contributed by atoms with van der Waals surface area (Å²) in [5.74, 6) is -0.858. The van der Waals surface area contributed by atoms with Crippen LogP contribution in [0.3, 0.4) is 0 Å². The predicted molar refractivity (Wildman–Crippen MR) is 99.3 cm³/mol. The van der Waals surface area contributed by atoms with Crippen LogP contribution < -0.4 is 0 Å². The highest BCUT2D eigenvalue weighted by Gasteiger charge is 2.41. The van der Waals surface area contributed by atoms with Crippen molar-refractivity contribution in [2.75, 3.05) is 39.9 Å². The number of sulfonamides is 1. The SMILES string of the molecule is COCCN1C(=O)CN(C2CCN(S(=O)(=O)Cc3ccc(F)cc3)CC2)C1=O. The van der Waals surface area contributed by atoms with E-state index in [4.69, 9.17) is 4.74 Å². The first-order valence-electron chi connectivity index (χ1n) is 9.14. The maximum Gasteiger partial charge on any atom is 0.327 e. The van der Waals surface area contributed by atoms with Crippen molar-refractivity contribution in [3.63, 3.8) is 0 Å². The lowest BCUT2D eigenvalue weighted by atomic mass is 10.1. The van der Waals surface area contributed by atoms with Crippen LogP contribution in [0, 0.1) is 5.82 Å². The minimum absolute atomic E-state index is 0.0234. The molecule has 154 valence electrons. The molecule has 0 atom stereocenters. The lowest BCUT2D eigenvalue weighted by Crippen LogP contribution is -2.48. The highest BCUT2D eigenvalue weighted by atomic mass is 32.2. The minimum atomic E-state index is -3.53. The Bertz CT molecular complexity index is 822. The molecule has 0 spiro atoms. The monoisotopic (exact) mass is 413 g/mol. The number of nitrogens with zero attached hydrogens (tertiary/aromatic N) is 3. The van der Waals surface area contributed by atoms with Gasteiger partial charge in [-0.3, -0.25) is 9.69 Å². The lowest BCUT2D eigenvalue weighted by molar-refractivity contribution is -0.125. The Morgan fingerprint density at radius 1 is 1.14 bits per heavy atom. The molecular weight excluding hydrogens is 389 g/mol. The van der Waals surface area contributed by atoms with Crippen LogP contribution >= 0.6 is 0 Å². The summed E-state index contributed by atoms with van der Waals surface area (Å²) in [7, 11) is -2.02. The van der Waals surface area contributed by atoms with E-state index in [0.717, 1.165) is 0 Å². The van der Waals surface area contributed by atoms with Gasteiger partial charge in [-0.1, -0.05) is 12.1 Å². The highest BCUT2D eigenvalue weighted by molar-refractivity contribution is 7.88. The summed E-state index contributed by atoms with van der Waals surface area (Å²) < 4.78 is 44.6. The van der Waals surface area contributed by atoms with Crippen molar-refractivity contribution in [2.45, 2.75) is 24.6 Å². The van der Waals surface area contributed by atoms with E-state index in [1.165, 1.54) is 45.5 Å². The van der Waals surface area contributed by atoms with Gasteiger partial charge < -0.3 is 9.64 Å². The smallest absolute Gasteiger partial charge is 0.327 e. The van der Waals surface area contributed by atoms with E-state index in [1.54, 1.807) is 0 Å². The molecule has 0 aromatic heterocycles. The van der Waals surface area contributed by atoms with E-state index in [9.17, 15) is 22.4 Å². The van der Waals surface area contributed by atoms with Crippen molar-refractivity contribution < 1.29 is 27.1 Å². The molecule has 2 aliphatic rings. The summed E-state index contributed by atoms with van der Waals surface area (Å²) in [4.78, 5) is 27.3. The molecule has 28 heavy (non-hydrogen) atoms. The van der Waals surface area contributed by atoms with Crippen LogP contribution in [0.1, 0.15) is 18.4 Å². The molecule has 0 aliphatic carbocycles. The molecule has 0 N–H and O–H groups in total. The third-order valence-electron chi connectivity index (χ3n) is 5.12. The number of urea groups is 1. The second-order valence-electron chi connectivity index (χ2n) is 6.96. The van der Waals surface area contributed by atoms with Gasteiger partial charge >= 0.3 is 6.03 Å². The number of hydrogen-bond donors (Lipinski definition) is 0. The first-order chi connectivity index (χ1) is 13.3. The van der Waals surface area contributed by atoms with Gasteiger partial charge in [-0.05, 0) is 30.5 Å². The molecule has 1 aromatic carbocycles. The Morgan fingerprint density at radius 2 is 1.79 bits per heavy atom. The van der Waals surface area contributed by atoms with Gasteiger partial charge in [-0.25, -0.2) is 21.9 Å². The zero-order chi connectivity index (χ0) is 20.3. The molecule has 8 nitrogen and oxygen atoms in total. The van der Waals surface area contributed by atoms with E-state index in [1.807, 2.05) is 0 Å². The van der Waals surface area contributed by atoms with Gasteiger partial charge in [0.2, 0.25) is 15.9 Å². The average molecular weight is 413 g/mol. The van der Waals surface area contributed by atoms with E-state index < -0.39 is 15.8 Å². The number of rotatable bonds is 7. The van der Waals surface area contributed by atoms with Crippen molar-refractivity contribution >= 4 is 22.0 Å². The van der Waals surface area contributed by atoms with Crippen molar-refractivity contribution in [1.29, 1.82) is 0 Å². The topological polar surface area (TPSA) is 87.2 Å². The molecule has 2 saturated heterocycles. The number of methoxy groups -OCH3 is 1. The Morgan fingerprint density at radius 3 is 2.39 bits per heavy atom. The third-order valence-corrected chi connectivity index (χ3v) is 6.97. The predicted octanol–water partition coefficient (Wildman–Crippen LogP) is 1.03. The number of carbonyl (C=O) groups is 2. The number of halogens is 1. The quantitative estimate of drug-likeness (QED) is 0.623. The second-order valence-corrected chi connectivity index (χ2v) is 8.93. The minimum Gasteiger partial charge on any atom is -0.383 e. The van der Waals surface area contributed by atoms with Gasteiger partial charge in [-0.15, -0.1) is 0 Å². The molecule has 1 aromatic rings. The van der Waals surface area contributed by atoms with Crippen molar-refractivity contribution in [2.24, 2.45) is 0 Å². The summed E-state index contributed by atoms with van der Waals surface area (Å²) in [5.41, 5.74) is 0.526. The number of hydrogen-bond acceptors (Lipinski definition) is 5. The normalized spacial score (nSPS) is 19.6. The van der Waals surface area contributed by atoms with Gasteiger partial charge in [0.05, 0.1) is 18.9 Å². The molecule has 10 heteroatoms. The van der Waals surface area contributed by atoms with E-state index in [2.05, 4.69) is 0 Å². The molecule has 0 bridgehead atoms. The summed E-state index contributed by atoms with van der Waals surface area (Å²) in [6.45, 7) is 1.09. The van der Waals surface area contributed by atoms with Crippen LogP contribution in [0.15, 0.2) is 24.3 Å². The number of benzene rings is 1. The largest absolute Gasteiger partial charge is 0.383 e. The molecule has 0 saturated carbocycles. The van der Waals surface area contributed by atoms with Gasteiger partial charge in [0.1, 0.15) is 12.4 Å². The van der Waals surface area contributed by atoms with Gasteiger partial charge in [0.25, 0.3) is 0 Å². The van der Waals surface area contributed by atoms with Crippen LogP contribution in [0.5, 0.6) is 0 Å². The number of carbonyl (C=O) groups excluding carboxylic acids is 2. The first-order valence-corrected chi connectivity index (χ1v) is 10.7. The van der Waals surface area contributed by atoms with Crippen LogP contribution in [0.4, 0.5) is 9.18 Å². The maximum absolute atomic E-state index is 13.0. The fraction of sp³-hybridized carbons (Fsp3) is 0.556. The summed E-state index contributed by atoms with van der Waals surface area (Å²) >= 11 is 0. The molecule has 3 rings (SSSR count). The van der Waals surface area contributed by atoms with Crippen LogP contribution in [-0.2, 0) is 25.3 Å². The number of piperidine rings is 1. The standard InChI is InChI=1S/C18H24FN3O5S/c1-27-11-10-21-17(23)12-22(18(21)24)16-6-8-20(9-7-16)28(25,26)13-14-2-4-15(19)5-3-14/h2-5,16H,6-13H2,1H3. The van der Waals surface area contributed by atoms with E-state index in [-0.39, 0.29) is 56.5 Å². The molecular formula is C18H24FN3O5S. The Labute approximate surface area is 163 Å². The highest BCUT2D eigenvalue weighted by Crippen LogP contribution is 2.24. The first kappa shape index (κ1) is 20.7. The Hall–Kier alpha value is -2.04. The Balaban J connectivity index is 1.57. The number of imide groups is 1. The molecule has 0 radical (unpaired) electrons. The Kier molecular flexibility index (Phi) is 6.31. The molecule has 3 amide bonds. The third kappa shape index (κ3) is 4.50. The van der Waals surface area contributed by atoms with Crippen molar-refractivity contribution in [3.05, 3.63) is 35.6 Å².